The number of aliphatic hydroxyl groups excluding tert-OH is 3. The highest BCUT2D eigenvalue weighted by Crippen LogP contribution is 2.21. The van der Waals surface area contributed by atoms with Gasteiger partial charge in [-0.2, -0.15) is 0 Å². The molecule has 1 unspecified atom stereocenters. The lowest BCUT2D eigenvalue weighted by Gasteiger charge is -2.39. The van der Waals surface area contributed by atoms with Gasteiger partial charge in [-0.15, -0.1) is 6.58 Å². The third kappa shape index (κ3) is 2.31. The number of ether oxygens (including phenoxy) is 2. The SMILES string of the molecule is C=CCO[C@@H]1[C@@H](O)[C@H](C)OC(O)[C@@H]1O. The molecule has 0 aromatic heterocycles. The molecule has 0 radical (unpaired) electrons. The second-order valence-electron chi connectivity index (χ2n) is 3.30. The largest absolute Gasteiger partial charge is 0.388 e. The van der Waals surface area contributed by atoms with Crippen LogP contribution in [0, 0.1) is 0 Å². The maximum atomic E-state index is 9.60. The van der Waals surface area contributed by atoms with Gasteiger partial charge in [-0.1, -0.05) is 6.08 Å². The minimum atomic E-state index is -1.32. The Morgan fingerprint density at radius 3 is 2.57 bits per heavy atom. The van der Waals surface area contributed by atoms with Crippen molar-refractivity contribution < 1.29 is 24.8 Å². The van der Waals surface area contributed by atoms with Crippen LogP contribution in [-0.2, 0) is 9.47 Å². The summed E-state index contributed by atoms with van der Waals surface area (Å²) < 4.78 is 10.0. The van der Waals surface area contributed by atoms with Crippen LogP contribution in [0.25, 0.3) is 0 Å². The van der Waals surface area contributed by atoms with Crippen LogP contribution >= 0.6 is 0 Å². The van der Waals surface area contributed by atoms with Gasteiger partial charge in [0.05, 0.1) is 12.7 Å². The van der Waals surface area contributed by atoms with Gasteiger partial charge in [-0.3, -0.25) is 0 Å². The Morgan fingerprint density at radius 2 is 2.00 bits per heavy atom. The molecule has 14 heavy (non-hydrogen) atoms. The predicted molar refractivity (Wildman–Crippen MR) is 48.5 cm³/mol. The van der Waals surface area contributed by atoms with Crippen LogP contribution in [0.4, 0.5) is 0 Å². The molecule has 5 atom stereocenters. The zero-order chi connectivity index (χ0) is 10.7. The van der Waals surface area contributed by atoms with Crippen LogP contribution in [0.2, 0.25) is 0 Å². The van der Waals surface area contributed by atoms with Crippen molar-refractivity contribution >= 4 is 0 Å². The maximum absolute atomic E-state index is 9.60. The average molecular weight is 204 g/mol. The highest BCUT2D eigenvalue weighted by molar-refractivity contribution is 4.88. The smallest absolute Gasteiger partial charge is 0.183 e. The van der Waals surface area contributed by atoms with Gasteiger partial charge in [0.2, 0.25) is 0 Å². The summed E-state index contributed by atoms with van der Waals surface area (Å²) in [5, 5.41) is 28.3. The average Bonchev–Trinajstić information content (AvgIpc) is 2.15. The second kappa shape index (κ2) is 4.86. The topological polar surface area (TPSA) is 79.2 Å². The van der Waals surface area contributed by atoms with Crippen molar-refractivity contribution in [3.63, 3.8) is 0 Å². The molecule has 0 aromatic rings. The molecule has 0 saturated carbocycles. The van der Waals surface area contributed by atoms with Gasteiger partial charge in [-0.25, -0.2) is 0 Å². The van der Waals surface area contributed by atoms with Gasteiger partial charge in [-0.05, 0) is 6.92 Å². The van der Waals surface area contributed by atoms with Gasteiger partial charge in [0.1, 0.15) is 18.3 Å². The van der Waals surface area contributed by atoms with Crippen molar-refractivity contribution in [2.45, 2.75) is 37.6 Å². The molecule has 0 aliphatic carbocycles. The first kappa shape index (κ1) is 11.6. The molecule has 0 bridgehead atoms. The van der Waals surface area contributed by atoms with Crippen molar-refractivity contribution in [2.75, 3.05) is 6.61 Å². The van der Waals surface area contributed by atoms with Crippen LogP contribution in [0.15, 0.2) is 12.7 Å². The van der Waals surface area contributed by atoms with E-state index in [4.69, 9.17) is 9.47 Å². The minimum Gasteiger partial charge on any atom is -0.388 e. The zero-order valence-electron chi connectivity index (χ0n) is 8.04. The van der Waals surface area contributed by atoms with Gasteiger partial charge >= 0.3 is 0 Å². The Bertz CT molecular complexity index is 182. The first-order chi connectivity index (χ1) is 6.57. The van der Waals surface area contributed by atoms with Crippen LogP contribution in [-0.4, -0.2) is 52.6 Å². The summed E-state index contributed by atoms with van der Waals surface area (Å²) in [5.74, 6) is 0. The van der Waals surface area contributed by atoms with E-state index in [0.29, 0.717) is 0 Å². The Hall–Kier alpha value is -0.460. The molecular formula is C9H16O5. The molecular weight excluding hydrogens is 188 g/mol. The summed E-state index contributed by atoms with van der Waals surface area (Å²) in [6.45, 7) is 5.26. The minimum absolute atomic E-state index is 0.207. The standard InChI is InChI=1S/C9H16O5/c1-3-4-13-8-6(10)5(2)14-9(12)7(8)11/h3,5-12H,1,4H2,2H3/t5-,6-,7+,8+,9?/m0/s1. The molecule has 0 amide bonds. The number of aliphatic hydroxyl groups is 3. The molecule has 1 aliphatic rings. The van der Waals surface area contributed by atoms with Crippen LogP contribution < -0.4 is 0 Å². The Morgan fingerprint density at radius 1 is 1.36 bits per heavy atom. The molecule has 1 aliphatic heterocycles. The van der Waals surface area contributed by atoms with E-state index < -0.39 is 30.7 Å². The maximum Gasteiger partial charge on any atom is 0.183 e. The molecule has 3 N–H and O–H groups in total. The van der Waals surface area contributed by atoms with E-state index in [1.54, 1.807) is 6.92 Å². The molecule has 1 fully saturated rings. The number of hydrogen-bond donors (Lipinski definition) is 3. The first-order valence-corrected chi connectivity index (χ1v) is 4.50. The van der Waals surface area contributed by atoms with Crippen LogP contribution in [0.5, 0.6) is 0 Å². The molecule has 82 valence electrons. The Kier molecular flexibility index (Phi) is 4.03. The first-order valence-electron chi connectivity index (χ1n) is 4.50. The molecule has 5 heteroatoms. The Balaban J connectivity index is 2.61. The van der Waals surface area contributed by atoms with Crippen LogP contribution in [0.3, 0.4) is 0 Å². The van der Waals surface area contributed by atoms with Crippen molar-refractivity contribution in [3.05, 3.63) is 12.7 Å². The quantitative estimate of drug-likeness (QED) is 0.515. The second-order valence-corrected chi connectivity index (χ2v) is 3.30. The van der Waals surface area contributed by atoms with E-state index in [2.05, 4.69) is 6.58 Å². The highest BCUT2D eigenvalue weighted by Gasteiger charge is 2.42. The molecule has 5 nitrogen and oxygen atoms in total. The highest BCUT2D eigenvalue weighted by atomic mass is 16.6. The molecule has 0 spiro atoms. The van der Waals surface area contributed by atoms with Gasteiger partial charge in [0.25, 0.3) is 0 Å². The summed E-state index contributed by atoms with van der Waals surface area (Å²) in [4.78, 5) is 0. The fraction of sp³-hybridized carbons (Fsp3) is 0.778. The third-order valence-corrected chi connectivity index (χ3v) is 2.21. The fourth-order valence-corrected chi connectivity index (χ4v) is 1.39. The summed E-state index contributed by atoms with van der Waals surface area (Å²) in [7, 11) is 0. The Labute approximate surface area is 82.6 Å². The van der Waals surface area contributed by atoms with E-state index in [1.165, 1.54) is 6.08 Å². The lowest BCUT2D eigenvalue weighted by molar-refractivity contribution is -0.284. The van der Waals surface area contributed by atoms with E-state index in [1.807, 2.05) is 0 Å². The zero-order valence-corrected chi connectivity index (χ0v) is 8.04. The van der Waals surface area contributed by atoms with E-state index in [0.717, 1.165) is 0 Å². The van der Waals surface area contributed by atoms with Crippen LogP contribution in [0.1, 0.15) is 6.92 Å². The predicted octanol–water partition coefficient (Wildman–Crippen LogP) is -0.984. The van der Waals surface area contributed by atoms with Crippen molar-refractivity contribution in [3.8, 4) is 0 Å². The summed E-state index contributed by atoms with van der Waals surface area (Å²) in [6, 6.07) is 0. The van der Waals surface area contributed by atoms with Crippen molar-refractivity contribution in [1.29, 1.82) is 0 Å². The lowest BCUT2D eigenvalue weighted by atomic mass is 10.00. The van der Waals surface area contributed by atoms with E-state index >= 15 is 0 Å². The van der Waals surface area contributed by atoms with Gasteiger partial charge in [0, 0.05) is 0 Å². The summed E-state index contributed by atoms with van der Waals surface area (Å²) in [5.41, 5.74) is 0. The summed E-state index contributed by atoms with van der Waals surface area (Å²) in [6.07, 6.45) is -3.40. The van der Waals surface area contributed by atoms with E-state index in [-0.39, 0.29) is 6.61 Å². The van der Waals surface area contributed by atoms with Crippen molar-refractivity contribution in [1.82, 2.24) is 0 Å². The van der Waals surface area contributed by atoms with Gasteiger partial charge < -0.3 is 24.8 Å². The normalized spacial score (nSPS) is 43.6. The van der Waals surface area contributed by atoms with Crippen molar-refractivity contribution in [2.24, 2.45) is 0 Å². The van der Waals surface area contributed by atoms with Gasteiger partial charge in [0.15, 0.2) is 6.29 Å². The molecule has 0 aromatic carbocycles. The monoisotopic (exact) mass is 204 g/mol. The lowest BCUT2D eigenvalue weighted by Crippen LogP contribution is -2.57. The fourth-order valence-electron chi connectivity index (χ4n) is 1.39. The molecule has 1 saturated heterocycles. The third-order valence-electron chi connectivity index (χ3n) is 2.21. The molecule has 1 rings (SSSR count). The molecule has 1 heterocycles. The number of rotatable bonds is 3. The number of hydrogen-bond acceptors (Lipinski definition) is 5. The summed E-state index contributed by atoms with van der Waals surface area (Å²) >= 11 is 0. The van der Waals surface area contributed by atoms with E-state index in [9.17, 15) is 15.3 Å².